The summed E-state index contributed by atoms with van der Waals surface area (Å²) in [6, 6.07) is 4.73. The van der Waals surface area contributed by atoms with Gasteiger partial charge in [-0.1, -0.05) is 0 Å². The minimum atomic E-state index is -3.55. The zero-order chi connectivity index (χ0) is 13.9. The average Bonchev–Trinajstić information content (AvgIpc) is 2.40. The minimum absolute atomic E-state index is 0.171. The highest BCUT2D eigenvalue weighted by atomic mass is 79.9. The van der Waals surface area contributed by atoms with Crippen molar-refractivity contribution >= 4 is 31.6 Å². The van der Waals surface area contributed by atoms with Crippen molar-refractivity contribution in [1.82, 2.24) is 4.72 Å². The highest BCUT2D eigenvalue weighted by Crippen LogP contribution is 2.24. The van der Waals surface area contributed by atoms with E-state index in [9.17, 15) is 8.42 Å². The Bertz CT molecular complexity index is 542. The quantitative estimate of drug-likeness (QED) is 0.812. The van der Waals surface area contributed by atoms with E-state index < -0.39 is 10.0 Å². The molecule has 0 aromatic heterocycles. The van der Waals surface area contributed by atoms with E-state index >= 15 is 0 Å². The summed E-state index contributed by atoms with van der Waals surface area (Å²) in [4.78, 5) is 0.171. The van der Waals surface area contributed by atoms with Crippen molar-refractivity contribution in [3.8, 4) is 0 Å². The molecule has 1 atom stereocenters. The van der Waals surface area contributed by atoms with Gasteiger partial charge < -0.3 is 10.5 Å². The molecular weight excluding hydrogens is 332 g/mol. The van der Waals surface area contributed by atoms with Gasteiger partial charge in [0.2, 0.25) is 10.0 Å². The Labute approximate surface area is 121 Å². The maximum Gasteiger partial charge on any atom is 0.241 e. The number of benzene rings is 1. The van der Waals surface area contributed by atoms with Gasteiger partial charge in [0.05, 0.1) is 11.5 Å². The van der Waals surface area contributed by atoms with Crippen LogP contribution in [0.3, 0.4) is 0 Å². The number of ether oxygens (including phenoxy) is 1. The Morgan fingerprint density at radius 2 is 2.26 bits per heavy atom. The second-order valence-electron chi connectivity index (χ2n) is 4.62. The number of sulfonamides is 1. The van der Waals surface area contributed by atoms with Gasteiger partial charge in [0.1, 0.15) is 0 Å². The Morgan fingerprint density at radius 1 is 1.47 bits per heavy atom. The minimum Gasteiger partial charge on any atom is -0.399 e. The third-order valence-corrected chi connectivity index (χ3v) is 5.48. The lowest BCUT2D eigenvalue weighted by molar-refractivity contribution is 0.0568. The van der Waals surface area contributed by atoms with E-state index in [4.69, 9.17) is 10.5 Å². The lowest BCUT2D eigenvalue weighted by Crippen LogP contribution is -2.33. The third kappa shape index (κ3) is 3.92. The number of halogens is 1. The molecule has 0 bridgehead atoms. The molecule has 106 valence electrons. The molecule has 3 N–H and O–H groups in total. The van der Waals surface area contributed by atoms with E-state index in [1.54, 1.807) is 12.1 Å². The normalized spacial score (nSPS) is 20.4. The van der Waals surface area contributed by atoms with Gasteiger partial charge in [0.15, 0.2) is 0 Å². The number of nitrogens with two attached hydrogens (primary N) is 1. The molecular formula is C12H17BrN2O3S. The fourth-order valence-corrected chi connectivity index (χ4v) is 4.11. The largest absolute Gasteiger partial charge is 0.399 e. The Hall–Kier alpha value is -0.630. The van der Waals surface area contributed by atoms with Crippen LogP contribution in [0.15, 0.2) is 27.6 Å². The summed E-state index contributed by atoms with van der Waals surface area (Å²) in [5.41, 5.74) is 6.05. The molecule has 1 aromatic carbocycles. The Balaban J connectivity index is 2.07. The number of hydrogen-bond donors (Lipinski definition) is 2. The summed E-state index contributed by atoms with van der Waals surface area (Å²) in [5, 5.41) is 0. The molecule has 0 radical (unpaired) electrons. The van der Waals surface area contributed by atoms with Gasteiger partial charge in [0, 0.05) is 23.3 Å². The van der Waals surface area contributed by atoms with E-state index in [0.717, 1.165) is 19.4 Å². The van der Waals surface area contributed by atoms with Crippen molar-refractivity contribution in [2.45, 2.75) is 17.7 Å². The van der Waals surface area contributed by atoms with Crippen molar-refractivity contribution in [3.63, 3.8) is 0 Å². The zero-order valence-corrected chi connectivity index (χ0v) is 12.8. The molecule has 0 aliphatic carbocycles. The number of nitrogen functional groups attached to an aromatic ring is 1. The van der Waals surface area contributed by atoms with E-state index in [2.05, 4.69) is 20.7 Å². The Morgan fingerprint density at radius 3 is 2.95 bits per heavy atom. The number of hydrogen-bond acceptors (Lipinski definition) is 4. The molecule has 1 aliphatic heterocycles. The molecule has 1 unspecified atom stereocenters. The second-order valence-corrected chi connectivity index (χ2v) is 7.21. The van der Waals surface area contributed by atoms with Crippen molar-refractivity contribution in [2.75, 3.05) is 25.5 Å². The van der Waals surface area contributed by atoms with E-state index in [1.807, 2.05) is 0 Å². The van der Waals surface area contributed by atoms with Crippen LogP contribution in [0, 0.1) is 5.92 Å². The van der Waals surface area contributed by atoms with Crippen molar-refractivity contribution in [2.24, 2.45) is 5.92 Å². The third-order valence-electron chi connectivity index (χ3n) is 3.06. The number of rotatable bonds is 4. The second kappa shape index (κ2) is 6.21. The average molecular weight is 349 g/mol. The molecule has 0 spiro atoms. The smallest absolute Gasteiger partial charge is 0.241 e. The van der Waals surface area contributed by atoms with Crippen LogP contribution in [0.1, 0.15) is 12.8 Å². The number of nitrogens with one attached hydrogen (secondary N) is 1. The summed E-state index contributed by atoms with van der Waals surface area (Å²) < 4.78 is 32.9. The first-order valence-corrected chi connectivity index (χ1v) is 8.39. The van der Waals surface area contributed by atoms with Crippen LogP contribution in [0.2, 0.25) is 0 Å². The Kier molecular flexibility index (Phi) is 4.83. The summed E-state index contributed by atoms with van der Waals surface area (Å²) in [6.45, 7) is 1.77. The van der Waals surface area contributed by atoms with Crippen LogP contribution >= 0.6 is 15.9 Å². The monoisotopic (exact) mass is 348 g/mol. The van der Waals surface area contributed by atoms with Crippen molar-refractivity contribution < 1.29 is 13.2 Å². The molecule has 0 amide bonds. The molecule has 1 aliphatic rings. The van der Waals surface area contributed by atoms with Crippen molar-refractivity contribution in [1.29, 1.82) is 0 Å². The molecule has 5 nitrogen and oxygen atoms in total. The molecule has 7 heteroatoms. The van der Waals surface area contributed by atoms with Gasteiger partial charge in [-0.2, -0.15) is 0 Å². The topological polar surface area (TPSA) is 81.4 Å². The van der Waals surface area contributed by atoms with Gasteiger partial charge in [-0.25, -0.2) is 13.1 Å². The maximum atomic E-state index is 12.2. The van der Waals surface area contributed by atoms with Crippen LogP contribution in [0.5, 0.6) is 0 Å². The highest BCUT2D eigenvalue weighted by Gasteiger charge is 2.21. The SMILES string of the molecule is Nc1ccc(Br)c(S(=O)(=O)NCC2CCCOC2)c1. The molecule has 1 fully saturated rings. The first-order valence-electron chi connectivity index (χ1n) is 6.11. The van der Waals surface area contributed by atoms with Crippen LogP contribution in [0.25, 0.3) is 0 Å². The fourth-order valence-electron chi connectivity index (χ4n) is 2.00. The van der Waals surface area contributed by atoms with E-state index in [0.29, 0.717) is 23.3 Å². The van der Waals surface area contributed by atoms with Crippen LogP contribution in [-0.2, 0) is 14.8 Å². The van der Waals surface area contributed by atoms with Crippen LogP contribution < -0.4 is 10.5 Å². The van der Waals surface area contributed by atoms with Gasteiger partial charge in [0.25, 0.3) is 0 Å². The lowest BCUT2D eigenvalue weighted by Gasteiger charge is -2.22. The van der Waals surface area contributed by atoms with Crippen LogP contribution in [0.4, 0.5) is 5.69 Å². The number of anilines is 1. The predicted molar refractivity (Wildman–Crippen MR) is 77.3 cm³/mol. The standard InChI is InChI=1S/C12H17BrN2O3S/c13-11-4-3-10(14)6-12(11)19(16,17)15-7-9-2-1-5-18-8-9/h3-4,6,9,15H,1-2,5,7-8,14H2. The summed E-state index contributed by atoms with van der Waals surface area (Å²) in [7, 11) is -3.55. The predicted octanol–water partition coefficient (Wildman–Crippen LogP) is 1.74. The molecule has 19 heavy (non-hydrogen) atoms. The first kappa shape index (κ1) is 14.8. The molecule has 1 heterocycles. The van der Waals surface area contributed by atoms with E-state index in [1.165, 1.54) is 6.07 Å². The highest BCUT2D eigenvalue weighted by molar-refractivity contribution is 9.10. The molecule has 0 saturated carbocycles. The molecule has 1 saturated heterocycles. The van der Waals surface area contributed by atoms with Crippen molar-refractivity contribution in [3.05, 3.63) is 22.7 Å². The van der Waals surface area contributed by atoms with E-state index in [-0.39, 0.29) is 10.8 Å². The first-order chi connectivity index (χ1) is 8.99. The van der Waals surface area contributed by atoms with Gasteiger partial charge in [-0.15, -0.1) is 0 Å². The zero-order valence-electron chi connectivity index (χ0n) is 10.4. The van der Waals surface area contributed by atoms with Crippen LogP contribution in [-0.4, -0.2) is 28.2 Å². The fraction of sp³-hybridized carbons (Fsp3) is 0.500. The van der Waals surface area contributed by atoms with Gasteiger partial charge in [-0.05, 0) is 52.9 Å². The summed E-state index contributed by atoms with van der Waals surface area (Å²) in [5.74, 6) is 0.239. The summed E-state index contributed by atoms with van der Waals surface area (Å²) >= 11 is 3.23. The van der Waals surface area contributed by atoms with Gasteiger partial charge >= 0.3 is 0 Å². The maximum absolute atomic E-state index is 12.2. The van der Waals surface area contributed by atoms with Gasteiger partial charge in [-0.3, -0.25) is 0 Å². The lowest BCUT2D eigenvalue weighted by atomic mass is 10.0. The molecule has 1 aromatic rings. The summed E-state index contributed by atoms with van der Waals surface area (Å²) in [6.07, 6.45) is 1.97. The molecule has 2 rings (SSSR count).